The molecule has 0 aliphatic carbocycles. The highest BCUT2D eigenvalue weighted by molar-refractivity contribution is 6.04. The number of ether oxygens (including phenoxy) is 1. The van der Waals surface area contributed by atoms with E-state index in [4.69, 9.17) is 4.74 Å². The van der Waals surface area contributed by atoms with Crippen LogP contribution in [-0.2, 0) is 9.59 Å². The number of phenols is 1. The molecule has 0 bridgehead atoms. The summed E-state index contributed by atoms with van der Waals surface area (Å²) in [5.41, 5.74) is 5.31. The molecule has 0 radical (unpaired) electrons. The van der Waals surface area contributed by atoms with Crippen molar-refractivity contribution in [2.24, 2.45) is 5.10 Å². The number of nitrogens with zero attached hydrogens (tertiary/aromatic N) is 1. The molecule has 3 N–H and O–H groups in total. The number of methoxy groups -OCH3 is 1. The fraction of sp³-hybridized carbons (Fsp3) is 0.211. The van der Waals surface area contributed by atoms with Crippen LogP contribution in [0.5, 0.6) is 11.5 Å². The first-order valence-corrected chi connectivity index (χ1v) is 7.95. The number of amides is 2. The van der Waals surface area contributed by atoms with Gasteiger partial charge >= 0.3 is 0 Å². The van der Waals surface area contributed by atoms with Crippen LogP contribution in [0.2, 0.25) is 0 Å². The topological polar surface area (TPSA) is 100 Å². The van der Waals surface area contributed by atoms with Crippen molar-refractivity contribution in [2.75, 3.05) is 12.4 Å². The first-order chi connectivity index (χ1) is 12.4. The first kappa shape index (κ1) is 19.0. The monoisotopic (exact) mass is 355 g/mol. The molecule has 0 saturated heterocycles. The fourth-order valence-corrected chi connectivity index (χ4v) is 2.32. The van der Waals surface area contributed by atoms with Crippen LogP contribution >= 0.6 is 0 Å². The van der Waals surface area contributed by atoms with Gasteiger partial charge < -0.3 is 15.2 Å². The van der Waals surface area contributed by atoms with Crippen molar-refractivity contribution in [2.45, 2.75) is 20.3 Å². The van der Waals surface area contributed by atoms with Gasteiger partial charge in [0.15, 0.2) is 11.5 Å². The van der Waals surface area contributed by atoms with E-state index in [0.29, 0.717) is 17.0 Å². The van der Waals surface area contributed by atoms with Gasteiger partial charge in [-0.1, -0.05) is 23.8 Å². The summed E-state index contributed by atoms with van der Waals surface area (Å²) >= 11 is 0. The van der Waals surface area contributed by atoms with Gasteiger partial charge in [0, 0.05) is 11.3 Å². The molecule has 0 spiro atoms. The average molecular weight is 355 g/mol. The number of benzene rings is 2. The third kappa shape index (κ3) is 5.07. The van der Waals surface area contributed by atoms with Crippen molar-refractivity contribution in [1.29, 1.82) is 0 Å². The Kier molecular flexibility index (Phi) is 6.32. The Morgan fingerprint density at radius 2 is 1.96 bits per heavy atom. The number of aromatic hydroxyl groups is 1. The molecule has 2 rings (SSSR count). The predicted octanol–water partition coefficient (Wildman–Crippen LogP) is 2.50. The van der Waals surface area contributed by atoms with Crippen molar-refractivity contribution in [3.63, 3.8) is 0 Å². The Morgan fingerprint density at radius 3 is 2.65 bits per heavy atom. The minimum Gasteiger partial charge on any atom is -0.504 e. The zero-order valence-corrected chi connectivity index (χ0v) is 14.9. The number of carbonyl (C=O) groups excluding carboxylic acids is 2. The number of carbonyl (C=O) groups is 2. The second kappa shape index (κ2) is 8.66. The molecule has 26 heavy (non-hydrogen) atoms. The average Bonchev–Trinajstić information content (AvgIpc) is 2.59. The highest BCUT2D eigenvalue weighted by Crippen LogP contribution is 2.27. The number of para-hydroxylation sites is 1. The summed E-state index contributed by atoms with van der Waals surface area (Å²) < 4.78 is 4.99. The summed E-state index contributed by atoms with van der Waals surface area (Å²) in [6, 6.07) is 10.5. The Morgan fingerprint density at radius 1 is 1.19 bits per heavy atom. The lowest BCUT2D eigenvalue weighted by molar-refractivity contribution is -0.126. The largest absolute Gasteiger partial charge is 0.504 e. The van der Waals surface area contributed by atoms with Crippen molar-refractivity contribution >= 4 is 23.7 Å². The number of hydrazone groups is 1. The van der Waals surface area contributed by atoms with Gasteiger partial charge in [0.25, 0.3) is 0 Å². The van der Waals surface area contributed by atoms with Crippen molar-refractivity contribution in [3.8, 4) is 11.5 Å². The molecule has 7 nitrogen and oxygen atoms in total. The SMILES string of the molecule is COc1cccc(C=NNC(=O)CC(=O)Nc2ccc(C)cc2C)c1O. The van der Waals surface area contributed by atoms with Gasteiger partial charge in [0.2, 0.25) is 11.8 Å². The predicted molar refractivity (Wildman–Crippen MR) is 99.6 cm³/mol. The van der Waals surface area contributed by atoms with Crippen molar-refractivity contribution in [3.05, 3.63) is 53.1 Å². The van der Waals surface area contributed by atoms with Gasteiger partial charge in [-0.05, 0) is 37.6 Å². The van der Waals surface area contributed by atoms with E-state index in [1.807, 2.05) is 26.0 Å². The maximum atomic E-state index is 12.0. The quantitative estimate of drug-likeness (QED) is 0.421. The van der Waals surface area contributed by atoms with Crippen LogP contribution in [-0.4, -0.2) is 30.2 Å². The summed E-state index contributed by atoms with van der Waals surface area (Å²) in [7, 11) is 1.44. The van der Waals surface area contributed by atoms with E-state index >= 15 is 0 Å². The Labute approximate surface area is 151 Å². The number of phenolic OH excluding ortho intramolecular Hbond substituents is 1. The lowest BCUT2D eigenvalue weighted by Crippen LogP contribution is -2.24. The number of aryl methyl sites for hydroxylation is 2. The molecule has 0 fully saturated rings. The third-order valence-electron chi connectivity index (χ3n) is 3.62. The number of anilines is 1. The summed E-state index contributed by atoms with van der Waals surface area (Å²) in [6.45, 7) is 3.84. The molecule has 2 aromatic carbocycles. The first-order valence-electron chi connectivity index (χ1n) is 7.95. The van der Waals surface area contributed by atoms with E-state index in [2.05, 4.69) is 15.8 Å². The number of rotatable bonds is 6. The summed E-state index contributed by atoms with van der Waals surface area (Å²) in [6.07, 6.45) is 0.909. The molecule has 2 aromatic rings. The van der Waals surface area contributed by atoms with Gasteiger partial charge in [0.05, 0.1) is 13.3 Å². The van der Waals surface area contributed by atoms with Crippen LogP contribution in [0, 0.1) is 13.8 Å². The van der Waals surface area contributed by atoms with E-state index in [0.717, 1.165) is 11.1 Å². The third-order valence-corrected chi connectivity index (χ3v) is 3.62. The molecule has 7 heteroatoms. The van der Waals surface area contributed by atoms with Crippen LogP contribution in [0.4, 0.5) is 5.69 Å². The molecule has 2 amide bonds. The molecule has 0 unspecified atom stereocenters. The van der Waals surface area contributed by atoms with Gasteiger partial charge in [-0.3, -0.25) is 9.59 Å². The molecule has 0 heterocycles. The van der Waals surface area contributed by atoms with Crippen LogP contribution < -0.4 is 15.5 Å². The number of nitrogens with one attached hydrogen (secondary N) is 2. The molecule has 136 valence electrons. The second-order valence-corrected chi connectivity index (χ2v) is 5.73. The highest BCUT2D eigenvalue weighted by atomic mass is 16.5. The lowest BCUT2D eigenvalue weighted by Gasteiger charge is -2.08. The number of hydrogen-bond acceptors (Lipinski definition) is 5. The zero-order chi connectivity index (χ0) is 19.1. The number of hydrogen-bond donors (Lipinski definition) is 3. The molecular formula is C19H21N3O4. The van der Waals surface area contributed by atoms with Gasteiger partial charge in [-0.2, -0.15) is 5.10 Å². The minimum atomic E-state index is -0.564. The van der Waals surface area contributed by atoms with Gasteiger partial charge in [-0.15, -0.1) is 0 Å². The fourth-order valence-electron chi connectivity index (χ4n) is 2.32. The molecule has 0 aromatic heterocycles. The van der Waals surface area contributed by atoms with E-state index in [-0.39, 0.29) is 12.2 Å². The Hall–Kier alpha value is -3.35. The van der Waals surface area contributed by atoms with E-state index in [1.54, 1.807) is 24.3 Å². The highest BCUT2D eigenvalue weighted by Gasteiger charge is 2.10. The standard InChI is InChI=1S/C19H21N3O4/c1-12-7-8-15(13(2)9-12)21-17(23)10-18(24)22-20-11-14-5-4-6-16(26-3)19(14)25/h4-9,11,25H,10H2,1-3H3,(H,21,23)(H,22,24). The van der Waals surface area contributed by atoms with Crippen LogP contribution in [0.1, 0.15) is 23.1 Å². The van der Waals surface area contributed by atoms with Gasteiger partial charge in [-0.25, -0.2) is 5.43 Å². The molecule has 0 atom stereocenters. The molecule has 0 aliphatic heterocycles. The summed E-state index contributed by atoms with van der Waals surface area (Å²) in [4.78, 5) is 23.8. The zero-order valence-electron chi connectivity index (χ0n) is 14.9. The van der Waals surface area contributed by atoms with Gasteiger partial charge in [0.1, 0.15) is 6.42 Å². The minimum absolute atomic E-state index is 0.0828. The molecule has 0 saturated carbocycles. The van der Waals surface area contributed by atoms with Crippen LogP contribution in [0.25, 0.3) is 0 Å². The Bertz CT molecular complexity index is 847. The lowest BCUT2D eigenvalue weighted by atomic mass is 10.1. The van der Waals surface area contributed by atoms with Crippen molar-refractivity contribution < 1.29 is 19.4 Å². The van der Waals surface area contributed by atoms with Crippen LogP contribution in [0.15, 0.2) is 41.5 Å². The molecule has 0 aliphatic rings. The smallest absolute Gasteiger partial charge is 0.249 e. The molecular weight excluding hydrogens is 334 g/mol. The van der Waals surface area contributed by atoms with Crippen LogP contribution in [0.3, 0.4) is 0 Å². The summed E-state index contributed by atoms with van der Waals surface area (Å²) in [5, 5.41) is 16.4. The summed E-state index contributed by atoms with van der Waals surface area (Å²) in [5.74, 6) is -0.784. The second-order valence-electron chi connectivity index (χ2n) is 5.73. The normalized spacial score (nSPS) is 10.6. The maximum absolute atomic E-state index is 12.0. The Balaban J connectivity index is 1.89. The van der Waals surface area contributed by atoms with E-state index < -0.39 is 11.8 Å². The van der Waals surface area contributed by atoms with E-state index in [9.17, 15) is 14.7 Å². The van der Waals surface area contributed by atoms with E-state index in [1.165, 1.54) is 13.3 Å². The maximum Gasteiger partial charge on any atom is 0.249 e. The van der Waals surface area contributed by atoms with Crippen molar-refractivity contribution in [1.82, 2.24) is 5.43 Å².